The third-order valence-corrected chi connectivity index (χ3v) is 5.19. The second-order valence-corrected chi connectivity index (χ2v) is 6.38. The van der Waals surface area contributed by atoms with E-state index in [9.17, 15) is 8.42 Å². The summed E-state index contributed by atoms with van der Waals surface area (Å²) in [7, 11) is -3.20. The van der Waals surface area contributed by atoms with E-state index in [2.05, 4.69) is 5.32 Å². The van der Waals surface area contributed by atoms with Crippen molar-refractivity contribution in [2.24, 2.45) is 0 Å². The second kappa shape index (κ2) is 5.00. The van der Waals surface area contributed by atoms with Crippen molar-refractivity contribution in [3.8, 4) is 0 Å². The van der Waals surface area contributed by atoms with Crippen LogP contribution in [-0.2, 0) is 10.2 Å². The second-order valence-electron chi connectivity index (χ2n) is 4.50. The highest BCUT2D eigenvalue weighted by Crippen LogP contribution is 2.30. The lowest BCUT2D eigenvalue weighted by molar-refractivity contribution is 0.307. The van der Waals surface area contributed by atoms with E-state index in [0.29, 0.717) is 19.6 Å². The van der Waals surface area contributed by atoms with Crippen molar-refractivity contribution in [2.45, 2.75) is 32.2 Å². The van der Waals surface area contributed by atoms with Gasteiger partial charge >= 0.3 is 0 Å². The van der Waals surface area contributed by atoms with E-state index in [1.54, 1.807) is 8.61 Å². The van der Waals surface area contributed by atoms with Gasteiger partial charge in [0.25, 0.3) is 10.2 Å². The molecule has 0 amide bonds. The lowest BCUT2D eigenvalue weighted by atomic mass is 10.4. The van der Waals surface area contributed by atoms with Crippen molar-refractivity contribution in [1.82, 2.24) is 13.9 Å². The first-order chi connectivity index (χ1) is 7.66. The standard InChI is InChI=1S/C10H21N3O2S/c1-2-7-13(10-3-4-10)16(14,15)12-8-5-11-6-9-12/h10-11H,2-9H2,1H3. The van der Waals surface area contributed by atoms with Crippen LogP contribution in [0.2, 0.25) is 0 Å². The first kappa shape index (κ1) is 12.3. The molecular formula is C10H21N3O2S. The van der Waals surface area contributed by atoms with Crippen molar-refractivity contribution >= 4 is 10.2 Å². The van der Waals surface area contributed by atoms with E-state index in [-0.39, 0.29) is 6.04 Å². The van der Waals surface area contributed by atoms with Gasteiger partial charge < -0.3 is 5.32 Å². The Morgan fingerprint density at radius 3 is 2.44 bits per heavy atom. The third-order valence-electron chi connectivity index (χ3n) is 3.10. The first-order valence-corrected chi connectivity index (χ1v) is 7.53. The zero-order valence-electron chi connectivity index (χ0n) is 9.85. The monoisotopic (exact) mass is 247 g/mol. The van der Waals surface area contributed by atoms with Crippen molar-refractivity contribution in [2.75, 3.05) is 32.7 Å². The molecule has 0 bridgehead atoms. The van der Waals surface area contributed by atoms with Gasteiger partial charge in [0.15, 0.2) is 0 Å². The molecule has 0 radical (unpaired) electrons. The van der Waals surface area contributed by atoms with Crippen molar-refractivity contribution < 1.29 is 8.42 Å². The van der Waals surface area contributed by atoms with Gasteiger partial charge in [0, 0.05) is 38.8 Å². The minimum atomic E-state index is -3.20. The normalized spacial score (nSPS) is 23.9. The molecule has 2 rings (SSSR count). The van der Waals surface area contributed by atoms with E-state index in [0.717, 1.165) is 32.4 Å². The number of rotatable bonds is 5. The van der Waals surface area contributed by atoms with E-state index >= 15 is 0 Å². The summed E-state index contributed by atoms with van der Waals surface area (Å²) in [6.07, 6.45) is 2.96. The maximum absolute atomic E-state index is 12.4. The summed E-state index contributed by atoms with van der Waals surface area (Å²) in [5.74, 6) is 0. The largest absolute Gasteiger partial charge is 0.314 e. The van der Waals surface area contributed by atoms with Crippen LogP contribution in [0.1, 0.15) is 26.2 Å². The molecule has 0 aromatic heterocycles. The molecule has 16 heavy (non-hydrogen) atoms. The molecule has 0 atom stereocenters. The molecule has 1 heterocycles. The van der Waals surface area contributed by atoms with E-state index < -0.39 is 10.2 Å². The molecule has 1 aliphatic carbocycles. The summed E-state index contributed by atoms with van der Waals surface area (Å²) in [5.41, 5.74) is 0. The molecule has 2 aliphatic rings. The summed E-state index contributed by atoms with van der Waals surface area (Å²) >= 11 is 0. The van der Waals surface area contributed by atoms with Crippen LogP contribution < -0.4 is 5.32 Å². The van der Waals surface area contributed by atoms with Crippen molar-refractivity contribution in [3.05, 3.63) is 0 Å². The van der Waals surface area contributed by atoms with E-state index in [1.807, 2.05) is 6.92 Å². The highest BCUT2D eigenvalue weighted by Gasteiger charge is 2.39. The summed E-state index contributed by atoms with van der Waals surface area (Å²) in [4.78, 5) is 0. The molecule has 1 saturated carbocycles. The molecule has 94 valence electrons. The lowest BCUT2D eigenvalue weighted by Gasteiger charge is -2.32. The van der Waals surface area contributed by atoms with Gasteiger partial charge in [0.1, 0.15) is 0 Å². The molecule has 6 heteroatoms. The first-order valence-electron chi connectivity index (χ1n) is 6.14. The fraction of sp³-hybridized carbons (Fsp3) is 1.00. The van der Waals surface area contributed by atoms with Crippen LogP contribution >= 0.6 is 0 Å². The summed E-state index contributed by atoms with van der Waals surface area (Å²) in [6.45, 7) is 5.44. The molecular weight excluding hydrogens is 226 g/mol. The van der Waals surface area contributed by atoms with Crippen LogP contribution in [-0.4, -0.2) is 55.8 Å². The Morgan fingerprint density at radius 1 is 1.31 bits per heavy atom. The lowest BCUT2D eigenvalue weighted by Crippen LogP contribution is -2.52. The van der Waals surface area contributed by atoms with Crippen LogP contribution in [0.3, 0.4) is 0 Å². The molecule has 5 nitrogen and oxygen atoms in total. The Bertz CT molecular complexity index is 321. The minimum Gasteiger partial charge on any atom is -0.314 e. The Labute approximate surface area is 98.0 Å². The maximum atomic E-state index is 12.4. The van der Waals surface area contributed by atoms with Gasteiger partial charge in [-0.2, -0.15) is 17.0 Å². The van der Waals surface area contributed by atoms with E-state index in [1.165, 1.54) is 0 Å². The molecule has 1 N–H and O–H groups in total. The fourth-order valence-electron chi connectivity index (χ4n) is 2.09. The predicted molar refractivity (Wildman–Crippen MR) is 63.4 cm³/mol. The molecule has 1 aliphatic heterocycles. The Hall–Kier alpha value is -0.170. The number of nitrogens with zero attached hydrogens (tertiary/aromatic N) is 2. The number of hydrogen-bond acceptors (Lipinski definition) is 3. The average Bonchev–Trinajstić information content (AvgIpc) is 3.11. The summed E-state index contributed by atoms with van der Waals surface area (Å²) in [5, 5.41) is 3.18. The van der Waals surface area contributed by atoms with Crippen LogP contribution in [0.5, 0.6) is 0 Å². The van der Waals surface area contributed by atoms with Crippen LogP contribution in [0.25, 0.3) is 0 Å². The van der Waals surface area contributed by atoms with E-state index in [4.69, 9.17) is 0 Å². The molecule has 0 spiro atoms. The topological polar surface area (TPSA) is 52.7 Å². The quantitative estimate of drug-likeness (QED) is 0.744. The fourth-order valence-corrected chi connectivity index (χ4v) is 4.03. The number of nitrogens with one attached hydrogen (secondary N) is 1. The predicted octanol–water partition coefficient (Wildman–Crippen LogP) is 0.0108. The van der Waals surface area contributed by atoms with Gasteiger partial charge in [-0.05, 0) is 19.3 Å². The highest BCUT2D eigenvalue weighted by molar-refractivity contribution is 7.86. The van der Waals surface area contributed by atoms with Crippen LogP contribution in [0.15, 0.2) is 0 Å². The van der Waals surface area contributed by atoms with Gasteiger partial charge in [-0.3, -0.25) is 0 Å². The Balaban J connectivity index is 2.07. The SMILES string of the molecule is CCCN(C1CC1)S(=O)(=O)N1CCNCC1. The molecule has 0 aromatic carbocycles. The minimum absolute atomic E-state index is 0.278. The van der Waals surface area contributed by atoms with Crippen molar-refractivity contribution in [1.29, 1.82) is 0 Å². The molecule has 0 unspecified atom stereocenters. The zero-order chi connectivity index (χ0) is 11.6. The van der Waals surface area contributed by atoms with Gasteiger partial charge in [0.05, 0.1) is 0 Å². The zero-order valence-corrected chi connectivity index (χ0v) is 10.7. The van der Waals surface area contributed by atoms with Crippen molar-refractivity contribution in [3.63, 3.8) is 0 Å². The van der Waals surface area contributed by atoms with Gasteiger partial charge in [-0.15, -0.1) is 0 Å². The molecule has 0 aromatic rings. The molecule has 1 saturated heterocycles. The summed E-state index contributed by atoms with van der Waals surface area (Å²) in [6, 6.07) is 0.278. The summed E-state index contributed by atoms with van der Waals surface area (Å²) < 4.78 is 28.1. The Kier molecular flexibility index (Phi) is 3.84. The smallest absolute Gasteiger partial charge is 0.282 e. The van der Waals surface area contributed by atoms with Crippen LogP contribution in [0.4, 0.5) is 0 Å². The van der Waals surface area contributed by atoms with Gasteiger partial charge in [0.2, 0.25) is 0 Å². The number of piperazine rings is 1. The third kappa shape index (κ3) is 2.56. The maximum Gasteiger partial charge on any atom is 0.282 e. The number of hydrogen-bond donors (Lipinski definition) is 1. The highest BCUT2D eigenvalue weighted by atomic mass is 32.2. The average molecular weight is 247 g/mol. The van der Waals surface area contributed by atoms with Gasteiger partial charge in [-0.1, -0.05) is 6.92 Å². The van der Waals surface area contributed by atoms with Gasteiger partial charge in [-0.25, -0.2) is 0 Å². The molecule has 2 fully saturated rings. The van der Waals surface area contributed by atoms with Crippen LogP contribution in [0, 0.1) is 0 Å². The Morgan fingerprint density at radius 2 is 1.94 bits per heavy atom.